The third-order valence-corrected chi connectivity index (χ3v) is 4.95. The van der Waals surface area contributed by atoms with Gasteiger partial charge >= 0.3 is 0 Å². The lowest BCUT2D eigenvalue weighted by molar-refractivity contribution is -0.112. The van der Waals surface area contributed by atoms with Crippen LogP contribution in [0.2, 0.25) is 0 Å². The maximum Gasteiger partial charge on any atom is 0.268 e. The Labute approximate surface area is 150 Å². The molecular formula is C17H18N4OS2. The summed E-state index contributed by atoms with van der Waals surface area (Å²) in [6, 6.07) is 9.53. The first-order valence-electron chi connectivity index (χ1n) is 7.44. The van der Waals surface area contributed by atoms with Crippen LogP contribution in [0.3, 0.4) is 0 Å². The molecule has 2 rings (SSSR count). The van der Waals surface area contributed by atoms with E-state index in [4.69, 9.17) is 0 Å². The molecule has 0 radical (unpaired) electrons. The molecule has 0 atom stereocenters. The van der Waals surface area contributed by atoms with Crippen LogP contribution in [-0.4, -0.2) is 21.0 Å². The SMILES string of the molecule is Cc1ccc(C=C(C#N)C(=O)Nc2nc(SCC(C)C)ns2)cc1. The van der Waals surface area contributed by atoms with Crippen molar-refractivity contribution in [2.45, 2.75) is 25.9 Å². The van der Waals surface area contributed by atoms with Crippen LogP contribution in [0.5, 0.6) is 0 Å². The second-order valence-electron chi connectivity index (χ2n) is 5.62. The molecule has 24 heavy (non-hydrogen) atoms. The van der Waals surface area contributed by atoms with Crippen LogP contribution in [0.25, 0.3) is 6.08 Å². The number of nitrogens with zero attached hydrogens (tertiary/aromatic N) is 3. The average molecular weight is 358 g/mol. The lowest BCUT2D eigenvalue weighted by Crippen LogP contribution is -2.13. The molecule has 0 unspecified atom stereocenters. The fraction of sp³-hybridized carbons (Fsp3) is 0.294. The number of hydrogen-bond acceptors (Lipinski definition) is 6. The van der Waals surface area contributed by atoms with Gasteiger partial charge in [-0.05, 0) is 24.5 Å². The Hall–Kier alpha value is -2.17. The highest BCUT2D eigenvalue weighted by Gasteiger charge is 2.13. The van der Waals surface area contributed by atoms with Gasteiger partial charge in [-0.25, -0.2) is 0 Å². The summed E-state index contributed by atoms with van der Waals surface area (Å²) in [5.74, 6) is 0.981. The van der Waals surface area contributed by atoms with Gasteiger partial charge in [0.1, 0.15) is 11.6 Å². The maximum atomic E-state index is 12.2. The van der Waals surface area contributed by atoms with Crippen LogP contribution in [0.1, 0.15) is 25.0 Å². The molecular weight excluding hydrogens is 340 g/mol. The summed E-state index contributed by atoms with van der Waals surface area (Å²) in [6.45, 7) is 6.23. The molecule has 0 saturated heterocycles. The molecule has 0 aliphatic carbocycles. The number of carbonyl (C=O) groups is 1. The molecule has 1 aromatic carbocycles. The van der Waals surface area contributed by atoms with E-state index in [1.54, 1.807) is 17.8 Å². The normalized spacial score (nSPS) is 11.4. The number of carbonyl (C=O) groups excluding carboxylic acids is 1. The van der Waals surface area contributed by atoms with Crippen molar-refractivity contribution in [3.05, 3.63) is 41.0 Å². The van der Waals surface area contributed by atoms with Gasteiger partial charge in [0, 0.05) is 17.3 Å². The van der Waals surface area contributed by atoms with Crippen LogP contribution in [0, 0.1) is 24.2 Å². The third-order valence-electron chi connectivity index (χ3n) is 2.93. The van der Waals surface area contributed by atoms with Gasteiger partial charge in [-0.15, -0.1) is 0 Å². The lowest BCUT2D eigenvalue weighted by atomic mass is 10.1. The molecule has 1 amide bonds. The van der Waals surface area contributed by atoms with E-state index in [-0.39, 0.29) is 5.57 Å². The van der Waals surface area contributed by atoms with Crippen molar-refractivity contribution < 1.29 is 4.79 Å². The molecule has 0 fully saturated rings. The van der Waals surface area contributed by atoms with E-state index in [1.807, 2.05) is 37.3 Å². The van der Waals surface area contributed by atoms with Crippen molar-refractivity contribution in [1.82, 2.24) is 9.36 Å². The maximum absolute atomic E-state index is 12.2. The Morgan fingerprint density at radius 1 is 1.42 bits per heavy atom. The summed E-state index contributed by atoms with van der Waals surface area (Å²) in [4.78, 5) is 16.5. The summed E-state index contributed by atoms with van der Waals surface area (Å²) < 4.78 is 4.20. The van der Waals surface area contributed by atoms with E-state index in [2.05, 4.69) is 28.5 Å². The summed E-state index contributed by atoms with van der Waals surface area (Å²) >= 11 is 2.67. The van der Waals surface area contributed by atoms with Crippen LogP contribution < -0.4 is 5.32 Å². The second kappa shape index (κ2) is 8.62. The highest BCUT2D eigenvalue weighted by molar-refractivity contribution is 7.99. The Kier molecular flexibility index (Phi) is 6.53. The molecule has 1 aromatic heterocycles. The molecule has 124 valence electrons. The largest absolute Gasteiger partial charge is 0.296 e. The number of anilines is 1. The lowest BCUT2D eigenvalue weighted by Gasteiger charge is -2.01. The van der Waals surface area contributed by atoms with Gasteiger partial charge in [0.05, 0.1) is 0 Å². The Morgan fingerprint density at radius 3 is 2.75 bits per heavy atom. The number of amides is 1. The first-order valence-corrected chi connectivity index (χ1v) is 9.20. The van der Waals surface area contributed by atoms with E-state index < -0.39 is 5.91 Å². The van der Waals surface area contributed by atoms with E-state index in [9.17, 15) is 10.1 Å². The zero-order valence-corrected chi connectivity index (χ0v) is 15.4. The molecule has 0 spiro atoms. The van der Waals surface area contributed by atoms with Gasteiger partial charge in [-0.3, -0.25) is 10.1 Å². The standard InChI is InChI=1S/C17H18N4OS2/c1-11(2)10-23-17-20-16(24-21-17)19-15(22)14(9-18)8-13-6-4-12(3)5-7-13/h4-8,11H,10H2,1-3H3,(H,19,20,21,22). The molecule has 7 heteroatoms. The minimum atomic E-state index is -0.477. The number of rotatable bonds is 6. The van der Waals surface area contributed by atoms with E-state index in [0.717, 1.165) is 28.4 Å². The molecule has 2 aromatic rings. The zero-order chi connectivity index (χ0) is 17.5. The number of nitrogens with one attached hydrogen (secondary N) is 1. The fourth-order valence-electron chi connectivity index (χ4n) is 1.70. The van der Waals surface area contributed by atoms with Crippen LogP contribution in [-0.2, 0) is 4.79 Å². The highest BCUT2D eigenvalue weighted by Crippen LogP contribution is 2.22. The van der Waals surface area contributed by atoms with Crippen molar-refractivity contribution in [2.24, 2.45) is 5.92 Å². The van der Waals surface area contributed by atoms with Crippen molar-refractivity contribution in [2.75, 3.05) is 11.1 Å². The van der Waals surface area contributed by atoms with E-state index >= 15 is 0 Å². The predicted molar refractivity (Wildman–Crippen MR) is 98.9 cm³/mol. The van der Waals surface area contributed by atoms with Crippen LogP contribution in [0.15, 0.2) is 35.0 Å². The van der Waals surface area contributed by atoms with Gasteiger partial charge < -0.3 is 0 Å². The molecule has 0 aliphatic heterocycles. The number of aryl methyl sites for hydroxylation is 1. The molecule has 0 aliphatic rings. The quantitative estimate of drug-likeness (QED) is 0.477. The van der Waals surface area contributed by atoms with Crippen LogP contribution >= 0.6 is 23.3 Å². The Morgan fingerprint density at radius 2 is 2.12 bits per heavy atom. The molecule has 1 heterocycles. The smallest absolute Gasteiger partial charge is 0.268 e. The number of aromatic nitrogens is 2. The first-order chi connectivity index (χ1) is 11.5. The summed E-state index contributed by atoms with van der Waals surface area (Å²) in [6.07, 6.45) is 1.56. The van der Waals surface area contributed by atoms with Crippen molar-refractivity contribution in [3.8, 4) is 6.07 Å². The van der Waals surface area contributed by atoms with Gasteiger partial charge in [0.25, 0.3) is 5.91 Å². The topological polar surface area (TPSA) is 78.7 Å². The molecule has 0 saturated carbocycles. The van der Waals surface area contributed by atoms with Crippen LogP contribution in [0.4, 0.5) is 5.13 Å². The number of hydrogen-bond donors (Lipinski definition) is 1. The molecule has 0 bridgehead atoms. The minimum absolute atomic E-state index is 0.0328. The number of benzene rings is 1. The average Bonchev–Trinajstić information content (AvgIpc) is 2.99. The van der Waals surface area contributed by atoms with Crippen molar-refractivity contribution >= 4 is 40.4 Å². The first kappa shape index (κ1) is 18.2. The van der Waals surface area contributed by atoms with E-state index in [1.165, 1.54) is 0 Å². The van der Waals surface area contributed by atoms with Gasteiger partial charge in [0.2, 0.25) is 10.3 Å². The predicted octanol–water partition coefficient (Wildman–Crippen LogP) is 4.14. The van der Waals surface area contributed by atoms with Gasteiger partial charge in [0.15, 0.2) is 0 Å². The summed E-state index contributed by atoms with van der Waals surface area (Å²) in [5, 5.41) is 12.9. The van der Waals surface area contributed by atoms with Gasteiger partial charge in [-0.2, -0.15) is 14.6 Å². The molecule has 5 nitrogen and oxygen atoms in total. The number of nitriles is 1. The highest BCUT2D eigenvalue weighted by atomic mass is 32.2. The second-order valence-corrected chi connectivity index (χ2v) is 7.36. The Balaban J connectivity index is 2.04. The monoisotopic (exact) mass is 358 g/mol. The number of thioether (sulfide) groups is 1. The zero-order valence-electron chi connectivity index (χ0n) is 13.7. The van der Waals surface area contributed by atoms with E-state index in [0.29, 0.717) is 16.2 Å². The van der Waals surface area contributed by atoms with Crippen molar-refractivity contribution in [3.63, 3.8) is 0 Å². The molecule has 1 N–H and O–H groups in total. The summed E-state index contributed by atoms with van der Waals surface area (Å²) in [7, 11) is 0. The minimum Gasteiger partial charge on any atom is -0.296 e. The van der Waals surface area contributed by atoms with Gasteiger partial charge in [-0.1, -0.05) is 55.4 Å². The third kappa shape index (κ3) is 5.48. The summed E-state index contributed by atoms with van der Waals surface area (Å²) in [5.41, 5.74) is 1.96. The Bertz CT molecular complexity index is 773. The van der Waals surface area contributed by atoms with Crippen molar-refractivity contribution in [1.29, 1.82) is 5.26 Å². The fourth-order valence-corrected chi connectivity index (χ4v) is 3.19.